The number of carboxylic acids is 1. The van der Waals surface area contributed by atoms with Crippen molar-refractivity contribution in [3.05, 3.63) is 35.4 Å². The molecule has 0 radical (unpaired) electrons. The highest BCUT2D eigenvalue weighted by Crippen LogP contribution is 2.35. The second kappa shape index (κ2) is 13.0. The average Bonchev–Trinajstić information content (AvgIpc) is 2.65. The number of hydrogen-bond acceptors (Lipinski definition) is 4. The zero-order valence-electron chi connectivity index (χ0n) is 17.3. The largest absolute Gasteiger partial charge is 0.508 e. The Labute approximate surface area is 165 Å². The van der Waals surface area contributed by atoms with Gasteiger partial charge in [0.1, 0.15) is 0 Å². The van der Waals surface area contributed by atoms with E-state index in [4.69, 9.17) is 13.3 Å². The summed E-state index contributed by atoms with van der Waals surface area (Å²) in [5.74, 6) is -0.916. The fourth-order valence-corrected chi connectivity index (χ4v) is 6.61. The first kappa shape index (κ1) is 23.8. The molecule has 154 valence electrons. The molecule has 0 heterocycles. The summed E-state index contributed by atoms with van der Waals surface area (Å²) in [6.07, 6.45) is 6.87. The topological polar surface area (TPSA) is 65.0 Å². The van der Waals surface area contributed by atoms with Crippen molar-refractivity contribution in [2.24, 2.45) is 0 Å². The summed E-state index contributed by atoms with van der Waals surface area (Å²) in [5, 5.41) is 9.19. The maximum absolute atomic E-state index is 11.2. The number of hydrogen-bond donors (Lipinski definition) is 1. The third kappa shape index (κ3) is 7.37. The fourth-order valence-electron chi connectivity index (χ4n) is 3.39. The van der Waals surface area contributed by atoms with Crippen LogP contribution in [0.5, 0.6) is 0 Å². The molecule has 27 heavy (non-hydrogen) atoms. The molecule has 5 nitrogen and oxygen atoms in total. The average molecular weight is 397 g/mol. The van der Waals surface area contributed by atoms with E-state index in [1.54, 1.807) is 12.1 Å². The molecule has 0 spiro atoms. The van der Waals surface area contributed by atoms with Gasteiger partial charge in [-0.25, -0.2) is 4.79 Å². The lowest BCUT2D eigenvalue weighted by atomic mass is 10.0. The fraction of sp³-hybridized carbons (Fsp3) is 0.667. The van der Waals surface area contributed by atoms with Crippen LogP contribution in [0.4, 0.5) is 0 Å². The van der Waals surface area contributed by atoms with Gasteiger partial charge in [-0.3, -0.25) is 0 Å². The van der Waals surface area contributed by atoms with Crippen LogP contribution in [0, 0.1) is 0 Å². The zero-order chi connectivity index (χ0) is 20.1. The first-order chi connectivity index (χ1) is 13.0. The number of benzene rings is 1. The van der Waals surface area contributed by atoms with Crippen LogP contribution in [0.3, 0.4) is 0 Å². The van der Waals surface area contributed by atoms with Gasteiger partial charge in [0.15, 0.2) is 0 Å². The molecule has 0 saturated carbocycles. The van der Waals surface area contributed by atoms with Crippen molar-refractivity contribution in [1.29, 1.82) is 0 Å². The maximum Gasteiger partial charge on any atom is 0.508 e. The summed E-state index contributed by atoms with van der Waals surface area (Å²) < 4.78 is 18.5. The van der Waals surface area contributed by atoms with E-state index >= 15 is 0 Å². The van der Waals surface area contributed by atoms with Crippen molar-refractivity contribution >= 4 is 14.8 Å². The second-order valence-electron chi connectivity index (χ2n) is 6.59. The first-order valence-electron chi connectivity index (χ1n) is 10.3. The summed E-state index contributed by atoms with van der Waals surface area (Å²) in [7, 11) is -2.93. The number of carbonyl (C=O) groups is 1. The molecular weight excluding hydrogens is 360 g/mol. The molecule has 0 fully saturated rings. The Hall–Kier alpha value is -1.21. The normalized spacial score (nSPS) is 12.9. The lowest BCUT2D eigenvalue weighted by Gasteiger charge is -2.35. The molecule has 0 aliphatic heterocycles. The van der Waals surface area contributed by atoms with E-state index in [-0.39, 0.29) is 11.1 Å². The van der Waals surface area contributed by atoms with Gasteiger partial charge < -0.3 is 18.4 Å². The lowest BCUT2D eigenvalue weighted by molar-refractivity contribution is 0.0603. The number of rotatable bonds is 15. The Kier molecular flexibility index (Phi) is 11.5. The van der Waals surface area contributed by atoms with Crippen LogP contribution in [-0.2, 0) is 13.3 Å². The molecule has 0 aromatic heterocycles. The van der Waals surface area contributed by atoms with E-state index in [9.17, 15) is 9.90 Å². The van der Waals surface area contributed by atoms with Crippen LogP contribution in [0.15, 0.2) is 24.3 Å². The molecule has 0 bridgehead atoms. The third-order valence-electron chi connectivity index (χ3n) is 4.62. The summed E-state index contributed by atoms with van der Waals surface area (Å²) in [6, 6.07) is 7.09. The summed E-state index contributed by atoms with van der Waals surface area (Å²) in [5.41, 5.74) is 1.34. The Morgan fingerprint density at radius 2 is 1.41 bits per heavy atom. The third-order valence-corrected chi connectivity index (χ3v) is 8.17. The highest BCUT2D eigenvalue weighted by atomic mass is 28.4. The maximum atomic E-state index is 11.2. The van der Waals surface area contributed by atoms with Crippen LogP contribution >= 0.6 is 0 Å². The Morgan fingerprint density at radius 1 is 0.889 bits per heavy atom. The second-order valence-corrected chi connectivity index (χ2v) is 9.36. The molecule has 1 aromatic rings. The summed E-state index contributed by atoms with van der Waals surface area (Å²) in [6.45, 7) is 9.70. The summed E-state index contributed by atoms with van der Waals surface area (Å²) >= 11 is 0. The van der Waals surface area contributed by atoms with E-state index in [0.717, 1.165) is 18.4 Å². The van der Waals surface area contributed by atoms with Gasteiger partial charge in [-0.2, -0.15) is 0 Å². The van der Waals surface area contributed by atoms with Crippen LogP contribution < -0.4 is 0 Å². The predicted molar refractivity (Wildman–Crippen MR) is 110 cm³/mol. The molecule has 0 amide bonds. The van der Waals surface area contributed by atoms with Crippen molar-refractivity contribution < 1.29 is 23.2 Å². The molecule has 1 N–H and O–H groups in total. The standard InChI is InChI=1S/C21H36O5Si/c1-5-9-10-11-12-13-20(18-14-16-19(17-15-18)21(22)23)27(24-6-2,25-7-3)26-8-4/h14-17,20H,5-13H2,1-4H3,(H,22,23). The number of carboxylic acid groups (broad SMARTS) is 1. The lowest BCUT2D eigenvalue weighted by Crippen LogP contribution is -2.52. The monoisotopic (exact) mass is 396 g/mol. The van der Waals surface area contributed by atoms with Gasteiger partial charge in [0.2, 0.25) is 0 Å². The Balaban J connectivity index is 3.13. The van der Waals surface area contributed by atoms with E-state index in [1.165, 1.54) is 25.7 Å². The van der Waals surface area contributed by atoms with Crippen molar-refractivity contribution in [2.75, 3.05) is 19.8 Å². The van der Waals surface area contributed by atoms with Crippen molar-refractivity contribution in [2.45, 2.75) is 71.8 Å². The van der Waals surface area contributed by atoms with Gasteiger partial charge in [0, 0.05) is 19.8 Å². The Morgan fingerprint density at radius 3 is 1.85 bits per heavy atom. The molecule has 0 saturated heterocycles. The molecular formula is C21H36O5Si. The van der Waals surface area contributed by atoms with Crippen LogP contribution in [-0.4, -0.2) is 39.7 Å². The van der Waals surface area contributed by atoms with Gasteiger partial charge in [0.25, 0.3) is 0 Å². The highest BCUT2D eigenvalue weighted by molar-refractivity contribution is 6.62. The molecule has 1 aromatic carbocycles. The molecule has 1 rings (SSSR count). The van der Waals surface area contributed by atoms with Gasteiger partial charge in [-0.05, 0) is 44.9 Å². The molecule has 1 atom stereocenters. The minimum atomic E-state index is -2.93. The van der Waals surface area contributed by atoms with Crippen molar-refractivity contribution in [3.63, 3.8) is 0 Å². The van der Waals surface area contributed by atoms with Crippen molar-refractivity contribution in [3.8, 4) is 0 Å². The van der Waals surface area contributed by atoms with Crippen LogP contribution in [0.2, 0.25) is 0 Å². The molecule has 6 heteroatoms. The van der Waals surface area contributed by atoms with Gasteiger partial charge in [-0.15, -0.1) is 0 Å². The van der Waals surface area contributed by atoms with Gasteiger partial charge in [0.05, 0.1) is 11.1 Å². The van der Waals surface area contributed by atoms with E-state index in [1.807, 2.05) is 32.9 Å². The van der Waals surface area contributed by atoms with Gasteiger partial charge >= 0.3 is 14.8 Å². The van der Waals surface area contributed by atoms with Crippen LogP contribution in [0.1, 0.15) is 87.7 Å². The summed E-state index contributed by atoms with van der Waals surface area (Å²) in [4.78, 5) is 11.2. The Bertz CT molecular complexity index is 515. The molecule has 1 unspecified atom stereocenters. The minimum absolute atomic E-state index is 0.0156. The molecule has 0 aliphatic rings. The highest BCUT2D eigenvalue weighted by Gasteiger charge is 2.49. The minimum Gasteiger partial charge on any atom is -0.478 e. The van der Waals surface area contributed by atoms with E-state index in [2.05, 4.69) is 6.92 Å². The predicted octanol–water partition coefficient (Wildman–Crippen LogP) is 5.42. The van der Waals surface area contributed by atoms with Gasteiger partial charge in [-0.1, -0.05) is 51.2 Å². The number of unbranched alkanes of at least 4 members (excludes halogenated alkanes) is 4. The quantitative estimate of drug-likeness (QED) is 0.317. The SMILES string of the molecule is CCCCCCCC(c1ccc(C(=O)O)cc1)[Si](OCC)(OCC)OCC. The first-order valence-corrected chi connectivity index (χ1v) is 12.1. The van der Waals surface area contributed by atoms with Crippen molar-refractivity contribution in [1.82, 2.24) is 0 Å². The number of aromatic carboxylic acids is 1. The van der Waals surface area contributed by atoms with Crippen LogP contribution in [0.25, 0.3) is 0 Å². The smallest absolute Gasteiger partial charge is 0.478 e. The zero-order valence-corrected chi connectivity index (χ0v) is 18.3. The molecule has 0 aliphatic carbocycles. The van der Waals surface area contributed by atoms with E-state index in [0.29, 0.717) is 19.8 Å². The van der Waals surface area contributed by atoms with E-state index < -0.39 is 14.8 Å².